The van der Waals surface area contributed by atoms with Gasteiger partial charge < -0.3 is 5.11 Å². The van der Waals surface area contributed by atoms with Gasteiger partial charge in [-0.05, 0) is 18.8 Å². The van der Waals surface area contributed by atoms with E-state index in [1.165, 1.54) is 0 Å². The summed E-state index contributed by atoms with van der Waals surface area (Å²) in [4.78, 5) is 0. The quantitative estimate of drug-likeness (QED) is 0.455. The van der Waals surface area contributed by atoms with Crippen LogP contribution in [-0.2, 0) is 0 Å². The van der Waals surface area contributed by atoms with Crippen molar-refractivity contribution >= 4 is 0 Å². The molecule has 0 spiro atoms. The average molecular weight is 151 g/mol. The van der Waals surface area contributed by atoms with E-state index in [1.54, 1.807) is 0 Å². The maximum atomic E-state index is 9.16. The summed E-state index contributed by atoms with van der Waals surface area (Å²) in [5.74, 6) is 0.674. The van der Waals surface area contributed by atoms with Gasteiger partial charge in [0.15, 0.2) is 0 Å². The van der Waals surface area contributed by atoms with E-state index in [-0.39, 0.29) is 5.92 Å². The third-order valence-electron chi connectivity index (χ3n) is 2.18. The SMILES string of the molecule is CC1C=CC(C(O)C#N)CC1. The molecule has 0 amide bonds. The lowest BCUT2D eigenvalue weighted by atomic mass is 9.87. The van der Waals surface area contributed by atoms with Crippen molar-refractivity contribution in [2.24, 2.45) is 11.8 Å². The van der Waals surface area contributed by atoms with Gasteiger partial charge in [-0.2, -0.15) is 5.26 Å². The lowest BCUT2D eigenvalue weighted by molar-refractivity contribution is 0.171. The summed E-state index contributed by atoms with van der Waals surface area (Å²) < 4.78 is 0. The van der Waals surface area contributed by atoms with E-state index in [9.17, 15) is 0 Å². The first-order valence-electron chi connectivity index (χ1n) is 4.00. The first-order valence-corrected chi connectivity index (χ1v) is 4.00. The highest BCUT2D eigenvalue weighted by Gasteiger charge is 2.19. The highest BCUT2D eigenvalue weighted by molar-refractivity contribution is 5.04. The van der Waals surface area contributed by atoms with Crippen LogP contribution in [0.2, 0.25) is 0 Å². The zero-order valence-corrected chi connectivity index (χ0v) is 6.70. The van der Waals surface area contributed by atoms with Crippen molar-refractivity contribution in [3.8, 4) is 6.07 Å². The molecule has 0 fully saturated rings. The van der Waals surface area contributed by atoms with E-state index in [2.05, 4.69) is 13.0 Å². The Labute approximate surface area is 67.2 Å². The number of hydrogen-bond donors (Lipinski definition) is 1. The molecule has 0 radical (unpaired) electrons. The van der Waals surface area contributed by atoms with Crippen molar-refractivity contribution in [1.82, 2.24) is 0 Å². The van der Waals surface area contributed by atoms with Crippen LogP contribution < -0.4 is 0 Å². The van der Waals surface area contributed by atoms with E-state index >= 15 is 0 Å². The molecule has 0 aliphatic heterocycles. The summed E-state index contributed by atoms with van der Waals surface area (Å²) in [6.07, 6.45) is 5.25. The maximum Gasteiger partial charge on any atom is 0.146 e. The normalized spacial score (nSPS) is 32.8. The van der Waals surface area contributed by atoms with Crippen LogP contribution in [0.1, 0.15) is 19.8 Å². The summed E-state index contributed by atoms with van der Waals surface area (Å²) >= 11 is 0. The van der Waals surface area contributed by atoms with E-state index in [0.717, 1.165) is 12.8 Å². The Morgan fingerprint density at radius 3 is 2.73 bits per heavy atom. The number of hydrogen-bond acceptors (Lipinski definition) is 2. The smallest absolute Gasteiger partial charge is 0.146 e. The molecule has 0 aromatic heterocycles. The monoisotopic (exact) mass is 151 g/mol. The van der Waals surface area contributed by atoms with Gasteiger partial charge in [0.25, 0.3) is 0 Å². The van der Waals surface area contributed by atoms with Gasteiger partial charge in [-0.25, -0.2) is 0 Å². The highest BCUT2D eigenvalue weighted by Crippen LogP contribution is 2.23. The minimum atomic E-state index is -0.807. The van der Waals surface area contributed by atoms with E-state index in [4.69, 9.17) is 10.4 Å². The Balaban J connectivity index is 2.51. The van der Waals surface area contributed by atoms with Crippen molar-refractivity contribution < 1.29 is 5.11 Å². The molecule has 1 rings (SSSR count). The fourth-order valence-corrected chi connectivity index (χ4v) is 1.34. The maximum absolute atomic E-state index is 9.16. The van der Waals surface area contributed by atoms with Gasteiger partial charge in [-0.15, -0.1) is 0 Å². The molecule has 3 atom stereocenters. The van der Waals surface area contributed by atoms with Gasteiger partial charge in [-0.3, -0.25) is 0 Å². The first kappa shape index (κ1) is 8.29. The van der Waals surface area contributed by atoms with Gasteiger partial charge in [0.05, 0.1) is 6.07 Å². The summed E-state index contributed by atoms with van der Waals surface area (Å²) in [5.41, 5.74) is 0. The molecule has 1 aliphatic carbocycles. The second kappa shape index (κ2) is 3.54. The molecule has 0 aromatic rings. The lowest BCUT2D eigenvalue weighted by Gasteiger charge is -2.20. The molecule has 0 saturated carbocycles. The predicted octanol–water partition coefficient (Wildman–Crippen LogP) is 1.47. The summed E-state index contributed by atoms with van der Waals surface area (Å²) in [6, 6.07) is 1.85. The van der Waals surface area contributed by atoms with Crippen LogP contribution in [0, 0.1) is 23.2 Å². The molecule has 1 aliphatic rings. The van der Waals surface area contributed by atoms with Crippen LogP contribution in [-0.4, -0.2) is 11.2 Å². The fraction of sp³-hybridized carbons (Fsp3) is 0.667. The topological polar surface area (TPSA) is 44.0 Å². The van der Waals surface area contributed by atoms with E-state index in [0.29, 0.717) is 5.92 Å². The van der Waals surface area contributed by atoms with Crippen LogP contribution in [0.15, 0.2) is 12.2 Å². The van der Waals surface area contributed by atoms with E-state index in [1.807, 2.05) is 12.1 Å². The minimum Gasteiger partial charge on any atom is -0.378 e. The van der Waals surface area contributed by atoms with Crippen LogP contribution in [0.4, 0.5) is 0 Å². The van der Waals surface area contributed by atoms with Gasteiger partial charge in [-0.1, -0.05) is 19.1 Å². The fourth-order valence-electron chi connectivity index (χ4n) is 1.34. The lowest BCUT2D eigenvalue weighted by Crippen LogP contribution is -2.19. The van der Waals surface area contributed by atoms with Crippen molar-refractivity contribution in [2.75, 3.05) is 0 Å². The molecule has 2 heteroatoms. The number of nitrogens with zero attached hydrogens (tertiary/aromatic N) is 1. The van der Waals surface area contributed by atoms with Gasteiger partial charge in [0, 0.05) is 5.92 Å². The first-order chi connectivity index (χ1) is 5.24. The molecule has 1 N–H and O–H groups in total. The summed E-state index contributed by atoms with van der Waals surface area (Å²) in [6.45, 7) is 2.14. The number of rotatable bonds is 1. The molecule has 0 bridgehead atoms. The molecule has 2 nitrogen and oxygen atoms in total. The second-order valence-corrected chi connectivity index (χ2v) is 3.18. The zero-order chi connectivity index (χ0) is 8.27. The Morgan fingerprint density at radius 1 is 1.55 bits per heavy atom. The number of nitriles is 1. The summed E-state index contributed by atoms with van der Waals surface area (Å²) in [5, 5.41) is 17.6. The zero-order valence-electron chi connectivity index (χ0n) is 6.70. The van der Waals surface area contributed by atoms with Crippen LogP contribution in [0.5, 0.6) is 0 Å². The predicted molar refractivity (Wildman–Crippen MR) is 42.6 cm³/mol. The molecule has 3 unspecified atom stereocenters. The Bertz CT molecular complexity index is 192. The van der Waals surface area contributed by atoms with Gasteiger partial charge >= 0.3 is 0 Å². The highest BCUT2D eigenvalue weighted by atomic mass is 16.3. The van der Waals surface area contributed by atoms with E-state index < -0.39 is 6.10 Å². The molecular weight excluding hydrogens is 138 g/mol. The summed E-state index contributed by atoms with van der Waals surface area (Å²) in [7, 11) is 0. The Hall–Kier alpha value is -0.810. The molecule has 0 heterocycles. The number of aliphatic hydroxyl groups excluding tert-OH is 1. The third kappa shape index (κ3) is 2.06. The largest absolute Gasteiger partial charge is 0.378 e. The van der Waals surface area contributed by atoms with Gasteiger partial charge in [0.2, 0.25) is 0 Å². The van der Waals surface area contributed by atoms with Crippen molar-refractivity contribution in [1.29, 1.82) is 5.26 Å². The van der Waals surface area contributed by atoms with Crippen LogP contribution >= 0.6 is 0 Å². The molecule has 0 saturated heterocycles. The third-order valence-corrected chi connectivity index (χ3v) is 2.18. The van der Waals surface area contributed by atoms with Crippen molar-refractivity contribution in [2.45, 2.75) is 25.9 Å². The Kier molecular flexibility index (Phi) is 2.67. The van der Waals surface area contributed by atoms with Crippen LogP contribution in [0.3, 0.4) is 0 Å². The van der Waals surface area contributed by atoms with Crippen molar-refractivity contribution in [3.05, 3.63) is 12.2 Å². The molecule has 11 heavy (non-hydrogen) atoms. The molecule has 0 aromatic carbocycles. The standard InChI is InChI=1S/C9H13NO/c1-7-2-4-8(5-3-7)9(11)6-10/h2,4,7-9,11H,3,5H2,1H3. The molecular formula is C9H13NO. The number of allylic oxidation sites excluding steroid dienone is 1. The van der Waals surface area contributed by atoms with Gasteiger partial charge in [0.1, 0.15) is 6.10 Å². The minimum absolute atomic E-state index is 0.0659. The van der Waals surface area contributed by atoms with Crippen molar-refractivity contribution in [3.63, 3.8) is 0 Å². The Morgan fingerprint density at radius 2 is 2.27 bits per heavy atom. The number of aliphatic hydroxyl groups is 1. The second-order valence-electron chi connectivity index (χ2n) is 3.18. The molecule has 60 valence electrons. The average Bonchev–Trinajstić information content (AvgIpc) is 2.05. The van der Waals surface area contributed by atoms with Crippen LogP contribution in [0.25, 0.3) is 0 Å².